The molecule has 0 aliphatic heterocycles. The molecule has 0 unspecified atom stereocenters. The van der Waals surface area contributed by atoms with Crippen LogP contribution in [0.2, 0.25) is 0 Å². The van der Waals surface area contributed by atoms with Gasteiger partial charge in [0.1, 0.15) is 5.75 Å². The van der Waals surface area contributed by atoms with E-state index in [-0.39, 0.29) is 24.4 Å². The van der Waals surface area contributed by atoms with Crippen molar-refractivity contribution in [3.63, 3.8) is 0 Å². The summed E-state index contributed by atoms with van der Waals surface area (Å²) in [5, 5.41) is 9.18. The Balaban J connectivity index is 2.14. The topological polar surface area (TPSA) is 55.8 Å². The van der Waals surface area contributed by atoms with Crippen LogP contribution >= 0.6 is 0 Å². The van der Waals surface area contributed by atoms with Crippen molar-refractivity contribution in [1.82, 2.24) is 0 Å². The molecule has 2 aromatic carbocycles. The van der Waals surface area contributed by atoms with Crippen molar-refractivity contribution in [2.45, 2.75) is 13.3 Å². The monoisotopic (exact) mass is 316 g/mol. The van der Waals surface area contributed by atoms with Crippen LogP contribution in [0.3, 0.4) is 0 Å². The number of para-hydroxylation sites is 1. The SMILES string of the molecule is CCOC(=O)/C(=C/O)Cc1cccc(Oc2ccccc2F)c1. The number of benzene rings is 2. The lowest BCUT2D eigenvalue weighted by Gasteiger charge is -2.09. The summed E-state index contributed by atoms with van der Waals surface area (Å²) in [4.78, 5) is 11.7. The highest BCUT2D eigenvalue weighted by atomic mass is 19.1. The van der Waals surface area contributed by atoms with Crippen LogP contribution in [-0.4, -0.2) is 17.7 Å². The van der Waals surface area contributed by atoms with Gasteiger partial charge < -0.3 is 14.6 Å². The van der Waals surface area contributed by atoms with Gasteiger partial charge in [0.05, 0.1) is 18.4 Å². The lowest BCUT2D eigenvalue weighted by Crippen LogP contribution is -2.10. The Morgan fingerprint density at radius 3 is 2.70 bits per heavy atom. The highest BCUT2D eigenvalue weighted by molar-refractivity contribution is 5.88. The molecule has 0 spiro atoms. The first-order valence-electron chi connectivity index (χ1n) is 7.15. The average molecular weight is 316 g/mol. The largest absolute Gasteiger partial charge is 0.515 e. The summed E-state index contributed by atoms with van der Waals surface area (Å²) in [6, 6.07) is 13.0. The van der Waals surface area contributed by atoms with Crippen LogP contribution in [0.15, 0.2) is 60.4 Å². The second-order valence-electron chi connectivity index (χ2n) is 4.73. The molecule has 120 valence electrons. The highest BCUT2D eigenvalue weighted by Crippen LogP contribution is 2.25. The first-order valence-corrected chi connectivity index (χ1v) is 7.15. The van der Waals surface area contributed by atoms with Crippen molar-refractivity contribution in [2.75, 3.05) is 6.61 Å². The second kappa shape index (κ2) is 7.98. The van der Waals surface area contributed by atoms with Crippen LogP contribution < -0.4 is 4.74 Å². The van der Waals surface area contributed by atoms with Crippen LogP contribution in [-0.2, 0) is 16.0 Å². The molecule has 0 fully saturated rings. The minimum Gasteiger partial charge on any atom is -0.515 e. The summed E-state index contributed by atoms with van der Waals surface area (Å²) in [5.41, 5.74) is 0.863. The molecule has 2 aromatic rings. The fourth-order valence-corrected chi connectivity index (χ4v) is 1.99. The Morgan fingerprint density at radius 1 is 1.22 bits per heavy atom. The highest BCUT2D eigenvalue weighted by Gasteiger charge is 2.12. The normalized spacial score (nSPS) is 11.1. The van der Waals surface area contributed by atoms with Crippen molar-refractivity contribution in [1.29, 1.82) is 0 Å². The fourth-order valence-electron chi connectivity index (χ4n) is 1.99. The van der Waals surface area contributed by atoms with Crippen molar-refractivity contribution < 1.29 is 23.8 Å². The zero-order valence-electron chi connectivity index (χ0n) is 12.7. The number of rotatable bonds is 6. The maximum Gasteiger partial charge on any atom is 0.337 e. The third kappa shape index (κ3) is 4.57. The Labute approximate surface area is 133 Å². The van der Waals surface area contributed by atoms with E-state index in [1.807, 2.05) is 0 Å². The van der Waals surface area contributed by atoms with Crippen molar-refractivity contribution in [2.24, 2.45) is 0 Å². The van der Waals surface area contributed by atoms with Gasteiger partial charge in [-0.1, -0.05) is 24.3 Å². The van der Waals surface area contributed by atoms with E-state index in [4.69, 9.17) is 9.47 Å². The molecule has 0 aliphatic carbocycles. The van der Waals surface area contributed by atoms with Gasteiger partial charge in [0, 0.05) is 6.42 Å². The van der Waals surface area contributed by atoms with Crippen LogP contribution in [0.4, 0.5) is 4.39 Å². The molecule has 0 saturated heterocycles. The summed E-state index contributed by atoms with van der Waals surface area (Å²) < 4.78 is 24.0. The maximum absolute atomic E-state index is 13.6. The predicted octanol–water partition coefficient (Wildman–Crippen LogP) is 4.17. The molecule has 1 N–H and O–H groups in total. The van der Waals surface area contributed by atoms with Gasteiger partial charge >= 0.3 is 5.97 Å². The Morgan fingerprint density at radius 2 is 2.00 bits per heavy atom. The first-order chi connectivity index (χ1) is 11.1. The summed E-state index contributed by atoms with van der Waals surface area (Å²) in [6.07, 6.45) is 0.923. The van der Waals surface area contributed by atoms with E-state index in [1.165, 1.54) is 12.1 Å². The smallest absolute Gasteiger partial charge is 0.337 e. The molecule has 0 aromatic heterocycles. The first kappa shape index (κ1) is 16.5. The van der Waals surface area contributed by atoms with E-state index < -0.39 is 11.8 Å². The van der Waals surface area contributed by atoms with Crippen LogP contribution in [0, 0.1) is 5.82 Å². The van der Waals surface area contributed by atoms with Crippen molar-refractivity contribution >= 4 is 5.97 Å². The fraction of sp³-hybridized carbons (Fsp3) is 0.167. The second-order valence-corrected chi connectivity index (χ2v) is 4.73. The summed E-state index contributed by atoms with van der Waals surface area (Å²) in [5.74, 6) is -0.475. The zero-order chi connectivity index (χ0) is 16.7. The number of aliphatic hydroxyl groups is 1. The van der Waals surface area contributed by atoms with Gasteiger partial charge in [-0.2, -0.15) is 0 Å². The minimum absolute atomic E-state index is 0.118. The van der Waals surface area contributed by atoms with Gasteiger partial charge in [-0.3, -0.25) is 0 Å². The lowest BCUT2D eigenvalue weighted by molar-refractivity contribution is -0.138. The molecular weight excluding hydrogens is 299 g/mol. The average Bonchev–Trinajstić information content (AvgIpc) is 2.55. The molecular formula is C18H17FO4. The van der Waals surface area contributed by atoms with Crippen molar-refractivity contribution in [3.05, 3.63) is 71.7 Å². The Hall–Kier alpha value is -2.82. The van der Waals surface area contributed by atoms with Gasteiger partial charge in [-0.05, 0) is 36.8 Å². The molecule has 0 heterocycles. The minimum atomic E-state index is -0.574. The molecule has 0 saturated carbocycles. The van der Waals surface area contributed by atoms with E-state index in [1.54, 1.807) is 43.3 Å². The van der Waals surface area contributed by atoms with Gasteiger partial charge in [0.15, 0.2) is 11.6 Å². The molecule has 0 bridgehead atoms. The summed E-state index contributed by atoms with van der Waals surface area (Å²) in [7, 11) is 0. The number of carbonyl (C=O) groups excluding carboxylic acids is 1. The van der Waals surface area contributed by atoms with E-state index >= 15 is 0 Å². The van der Waals surface area contributed by atoms with Gasteiger partial charge in [-0.25, -0.2) is 9.18 Å². The molecule has 0 amide bonds. The van der Waals surface area contributed by atoms with Crippen LogP contribution in [0.25, 0.3) is 0 Å². The number of ether oxygens (including phenoxy) is 2. The summed E-state index contributed by atoms with van der Waals surface area (Å²) in [6.45, 7) is 1.92. The predicted molar refractivity (Wildman–Crippen MR) is 84.0 cm³/mol. The third-order valence-corrected chi connectivity index (χ3v) is 3.05. The van der Waals surface area contributed by atoms with E-state index in [2.05, 4.69) is 0 Å². The molecule has 23 heavy (non-hydrogen) atoms. The maximum atomic E-state index is 13.6. The molecule has 5 heteroatoms. The van der Waals surface area contributed by atoms with Gasteiger partial charge in [0.25, 0.3) is 0 Å². The number of hydrogen-bond acceptors (Lipinski definition) is 4. The molecule has 4 nitrogen and oxygen atoms in total. The molecule has 2 rings (SSSR count). The number of halogens is 1. The number of hydrogen-bond donors (Lipinski definition) is 1. The molecule has 0 radical (unpaired) electrons. The standard InChI is InChI=1S/C18H17FO4/c1-2-22-18(21)14(12-20)10-13-6-5-7-15(11-13)23-17-9-4-3-8-16(17)19/h3-9,11-12,20H,2,10H2,1H3/b14-12+. The number of aliphatic hydroxyl groups excluding tert-OH is 1. The Kier molecular flexibility index (Phi) is 5.74. The number of carbonyl (C=O) groups is 1. The lowest BCUT2D eigenvalue weighted by atomic mass is 10.1. The quantitative estimate of drug-likeness (QED) is 0.494. The molecule has 0 aliphatic rings. The van der Waals surface area contributed by atoms with E-state index in [0.717, 1.165) is 11.8 Å². The Bertz CT molecular complexity index is 710. The van der Waals surface area contributed by atoms with Crippen molar-refractivity contribution in [3.8, 4) is 11.5 Å². The van der Waals surface area contributed by atoms with Gasteiger partial charge in [-0.15, -0.1) is 0 Å². The third-order valence-electron chi connectivity index (χ3n) is 3.05. The number of esters is 1. The van der Waals surface area contributed by atoms with E-state index in [0.29, 0.717) is 5.75 Å². The van der Waals surface area contributed by atoms with Crippen LogP contribution in [0.5, 0.6) is 11.5 Å². The van der Waals surface area contributed by atoms with E-state index in [9.17, 15) is 14.3 Å². The van der Waals surface area contributed by atoms with Gasteiger partial charge in [0.2, 0.25) is 0 Å². The zero-order valence-corrected chi connectivity index (χ0v) is 12.7. The summed E-state index contributed by atoms with van der Waals surface area (Å²) >= 11 is 0. The van der Waals surface area contributed by atoms with Crippen LogP contribution in [0.1, 0.15) is 12.5 Å². The molecule has 0 atom stereocenters.